The molecule has 21 heavy (non-hydrogen) atoms. The van der Waals surface area contributed by atoms with Crippen molar-refractivity contribution in [1.29, 1.82) is 0 Å². The monoisotopic (exact) mass is 284 g/mol. The zero-order valence-electron chi connectivity index (χ0n) is 12.6. The van der Waals surface area contributed by atoms with Crippen LogP contribution in [-0.2, 0) is 11.2 Å². The molecule has 2 atom stereocenters. The van der Waals surface area contributed by atoms with Crippen LogP contribution in [-0.4, -0.2) is 36.5 Å². The van der Waals surface area contributed by atoms with Crippen LogP contribution in [0.5, 0.6) is 0 Å². The van der Waals surface area contributed by atoms with Gasteiger partial charge in [-0.3, -0.25) is 4.79 Å². The number of benzene rings is 1. The number of amides is 1. The van der Waals surface area contributed by atoms with E-state index in [0.29, 0.717) is 11.9 Å². The average molecular weight is 284 g/mol. The van der Waals surface area contributed by atoms with E-state index in [2.05, 4.69) is 34.5 Å². The van der Waals surface area contributed by atoms with Gasteiger partial charge in [-0.25, -0.2) is 0 Å². The molecule has 1 N–H and O–H groups in total. The highest BCUT2D eigenvalue weighted by molar-refractivity contribution is 5.87. The van der Waals surface area contributed by atoms with Gasteiger partial charge in [-0.05, 0) is 55.7 Å². The molecule has 1 aromatic rings. The summed E-state index contributed by atoms with van der Waals surface area (Å²) < 4.78 is 0. The highest BCUT2D eigenvalue weighted by Gasteiger charge is 2.37. The highest BCUT2D eigenvalue weighted by Crippen LogP contribution is 2.37. The quantitative estimate of drug-likeness (QED) is 0.904. The van der Waals surface area contributed by atoms with Crippen LogP contribution in [0.3, 0.4) is 0 Å². The fourth-order valence-corrected chi connectivity index (χ4v) is 4.34. The van der Waals surface area contributed by atoms with Gasteiger partial charge in [0.1, 0.15) is 0 Å². The van der Waals surface area contributed by atoms with Crippen molar-refractivity contribution in [2.75, 3.05) is 19.6 Å². The Kier molecular flexibility index (Phi) is 3.46. The Labute approximate surface area is 126 Å². The summed E-state index contributed by atoms with van der Waals surface area (Å²) in [6.45, 7) is 3.10. The normalized spacial score (nSPS) is 29.0. The number of hydrogen-bond donors (Lipinski definition) is 1. The standard InChI is InChI=1S/C18H24N2O/c21-18(16-12-14-4-1-2-5-15(14)16)20-10-7-13(8-11-20)17-6-3-9-19-17/h1-2,4-5,13,16-17,19H,3,6-12H2. The van der Waals surface area contributed by atoms with Crippen LogP contribution in [0.25, 0.3) is 0 Å². The molecule has 1 aliphatic carbocycles. The number of fused-ring (bicyclic) bond motifs is 1. The molecule has 0 bridgehead atoms. The fourth-order valence-electron chi connectivity index (χ4n) is 4.34. The maximum Gasteiger partial charge on any atom is 0.230 e. The van der Waals surface area contributed by atoms with Crippen LogP contribution in [0.15, 0.2) is 24.3 Å². The van der Waals surface area contributed by atoms with E-state index in [1.165, 1.54) is 43.4 Å². The number of nitrogens with one attached hydrogen (secondary N) is 1. The van der Waals surface area contributed by atoms with Gasteiger partial charge in [0.25, 0.3) is 0 Å². The second-order valence-corrected chi connectivity index (χ2v) is 6.82. The van der Waals surface area contributed by atoms with Crippen LogP contribution in [0.4, 0.5) is 0 Å². The Morgan fingerprint density at radius 2 is 1.95 bits per heavy atom. The largest absolute Gasteiger partial charge is 0.342 e. The van der Waals surface area contributed by atoms with Crippen molar-refractivity contribution >= 4 is 5.91 Å². The zero-order chi connectivity index (χ0) is 14.2. The lowest BCUT2D eigenvalue weighted by atomic mass is 9.76. The second kappa shape index (κ2) is 5.45. The van der Waals surface area contributed by atoms with Crippen molar-refractivity contribution in [3.8, 4) is 0 Å². The van der Waals surface area contributed by atoms with Gasteiger partial charge in [-0.1, -0.05) is 24.3 Å². The van der Waals surface area contributed by atoms with E-state index in [4.69, 9.17) is 0 Å². The molecule has 2 saturated heterocycles. The topological polar surface area (TPSA) is 32.3 Å². The van der Waals surface area contributed by atoms with E-state index in [0.717, 1.165) is 25.4 Å². The lowest BCUT2D eigenvalue weighted by Crippen LogP contribution is -2.46. The molecule has 0 radical (unpaired) electrons. The van der Waals surface area contributed by atoms with Crippen molar-refractivity contribution < 1.29 is 4.79 Å². The van der Waals surface area contributed by atoms with Crippen molar-refractivity contribution in [3.05, 3.63) is 35.4 Å². The van der Waals surface area contributed by atoms with E-state index in [9.17, 15) is 4.79 Å². The molecule has 2 aliphatic heterocycles. The minimum atomic E-state index is 0.141. The SMILES string of the molecule is O=C(C1Cc2ccccc21)N1CCC(C2CCCN2)CC1. The Hall–Kier alpha value is -1.35. The van der Waals surface area contributed by atoms with E-state index in [1.54, 1.807) is 0 Å². The van der Waals surface area contributed by atoms with Gasteiger partial charge in [0, 0.05) is 19.1 Å². The first-order valence-electron chi connectivity index (χ1n) is 8.43. The number of hydrogen-bond acceptors (Lipinski definition) is 2. The minimum absolute atomic E-state index is 0.141. The molecule has 4 rings (SSSR count). The van der Waals surface area contributed by atoms with Crippen LogP contribution in [0.1, 0.15) is 42.7 Å². The van der Waals surface area contributed by atoms with Gasteiger partial charge in [0.15, 0.2) is 0 Å². The molecule has 2 fully saturated rings. The third kappa shape index (κ3) is 2.38. The van der Waals surface area contributed by atoms with Crippen molar-refractivity contribution in [3.63, 3.8) is 0 Å². The summed E-state index contributed by atoms with van der Waals surface area (Å²) in [4.78, 5) is 14.8. The van der Waals surface area contributed by atoms with E-state index in [1.807, 2.05) is 0 Å². The maximum absolute atomic E-state index is 12.7. The van der Waals surface area contributed by atoms with Gasteiger partial charge in [0.05, 0.1) is 5.92 Å². The fraction of sp³-hybridized carbons (Fsp3) is 0.611. The molecular weight excluding hydrogens is 260 g/mol. The molecule has 3 heteroatoms. The molecular formula is C18H24N2O. The Bertz CT molecular complexity index is 528. The average Bonchev–Trinajstić information content (AvgIpc) is 3.03. The van der Waals surface area contributed by atoms with Gasteiger partial charge >= 0.3 is 0 Å². The summed E-state index contributed by atoms with van der Waals surface area (Å²) in [7, 11) is 0. The van der Waals surface area contributed by atoms with Gasteiger partial charge in [-0.15, -0.1) is 0 Å². The third-order valence-corrected chi connectivity index (χ3v) is 5.67. The van der Waals surface area contributed by atoms with Crippen molar-refractivity contribution in [2.45, 2.75) is 44.1 Å². The Morgan fingerprint density at radius 3 is 2.67 bits per heavy atom. The van der Waals surface area contributed by atoms with Crippen LogP contribution in [0, 0.1) is 5.92 Å². The first-order chi connectivity index (χ1) is 10.3. The van der Waals surface area contributed by atoms with Crippen LogP contribution >= 0.6 is 0 Å². The second-order valence-electron chi connectivity index (χ2n) is 6.82. The predicted molar refractivity (Wildman–Crippen MR) is 83.2 cm³/mol. The first-order valence-corrected chi connectivity index (χ1v) is 8.43. The van der Waals surface area contributed by atoms with E-state index >= 15 is 0 Å². The molecule has 2 heterocycles. The zero-order valence-corrected chi connectivity index (χ0v) is 12.6. The number of piperidine rings is 1. The van der Waals surface area contributed by atoms with Crippen LogP contribution < -0.4 is 5.32 Å². The molecule has 3 nitrogen and oxygen atoms in total. The predicted octanol–water partition coefficient (Wildman–Crippen LogP) is 2.32. The molecule has 0 spiro atoms. The van der Waals surface area contributed by atoms with Gasteiger partial charge < -0.3 is 10.2 Å². The van der Waals surface area contributed by atoms with Crippen molar-refractivity contribution in [1.82, 2.24) is 10.2 Å². The summed E-state index contributed by atoms with van der Waals surface area (Å²) in [5.41, 5.74) is 2.63. The molecule has 3 aliphatic rings. The Balaban J connectivity index is 1.35. The number of carbonyl (C=O) groups is 1. The lowest BCUT2D eigenvalue weighted by molar-refractivity contribution is -0.134. The van der Waals surface area contributed by atoms with E-state index < -0.39 is 0 Å². The molecule has 112 valence electrons. The van der Waals surface area contributed by atoms with Crippen molar-refractivity contribution in [2.24, 2.45) is 5.92 Å². The number of likely N-dealkylation sites (tertiary alicyclic amines) is 1. The number of nitrogens with zero attached hydrogens (tertiary/aromatic N) is 1. The maximum atomic E-state index is 12.7. The van der Waals surface area contributed by atoms with Gasteiger partial charge in [0.2, 0.25) is 5.91 Å². The molecule has 1 aromatic carbocycles. The highest BCUT2D eigenvalue weighted by atomic mass is 16.2. The van der Waals surface area contributed by atoms with E-state index in [-0.39, 0.29) is 5.92 Å². The number of rotatable bonds is 2. The van der Waals surface area contributed by atoms with Crippen LogP contribution in [0.2, 0.25) is 0 Å². The summed E-state index contributed by atoms with van der Waals surface area (Å²) in [5.74, 6) is 1.29. The minimum Gasteiger partial charge on any atom is -0.342 e. The lowest BCUT2D eigenvalue weighted by Gasteiger charge is -2.39. The summed E-state index contributed by atoms with van der Waals surface area (Å²) in [5, 5.41) is 3.63. The molecule has 2 unspecified atom stereocenters. The summed E-state index contributed by atoms with van der Waals surface area (Å²) in [6.07, 6.45) is 5.95. The smallest absolute Gasteiger partial charge is 0.230 e. The molecule has 0 saturated carbocycles. The first kappa shape index (κ1) is 13.3. The number of carbonyl (C=O) groups excluding carboxylic acids is 1. The van der Waals surface area contributed by atoms with Gasteiger partial charge in [-0.2, -0.15) is 0 Å². The summed E-state index contributed by atoms with van der Waals surface area (Å²) >= 11 is 0. The third-order valence-electron chi connectivity index (χ3n) is 5.67. The Morgan fingerprint density at radius 1 is 1.14 bits per heavy atom. The summed E-state index contributed by atoms with van der Waals surface area (Å²) in [6, 6.07) is 9.11. The molecule has 1 amide bonds. The molecule has 0 aromatic heterocycles.